The van der Waals surface area contributed by atoms with Gasteiger partial charge in [0, 0.05) is 32.3 Å². The van der Waals surface area contributed by atoms with Gasteiger partial charge < -0.3 is 0 Å². The molecule has 0 aliphatic heterocycles. The largest absolute Gasteiger partial charge is 0.447 e. The van der Waals surface area contributed by atoms with Crippen LogP contribution >= 0.6 is 23.9 Å². The third-order valence-electron chi connectivity index (χ3n) is 4.18. The number of carbonyl (C=O) groups is 2. The number of carbonyl (C=O) groups excluding carboxylic acids is 2. The third kappa shape index (κ3) is 8.82. The van der Waals surface area contributed by atoms with Gasteiger partial charge in [-0.25, -0.2) is 18.9 Å². The summed E-state index contributed by atoms with van der Waals surface area (Å²) in [5.41, 5.74) is 3.54. The number of rotatable bonds is 7. The second-order valence-corrected chi connectivity index (χ2v) is 10.2. The van der Waals surface area contributed by atoms with E-state index in [-0.39, 0.29) is 11.4 Å². The van der Waals surface area contributed by atoms with Crippen LogP contribution in [0.1, 0.15) is 31.9 Å². The molecule has 0 saturated carbocycles. The lowest BCUT2D eigenvalue weighted by molar-refractivity contribution is 0.135. The lowest BCUT2D eigenvalue weighted by Gasteiger charge is -2.24. The number of benzene rings is 1. The molecule has 8 nitrogen and oxygen atoms in total. The first kappa shape index (κ1) is 26.8. The predicted molar refractivity (Wildman–Crippen MR) is 132 cm³/mol. The summed E-state index contributed by atoms with van der Waals surface area (Å²) in [6.07, 6.45) is 2.75. The average Bonchev–Trinajstić information content (AvgIpc) is 2.68. The molecule has 1 rings (SSSR count). The van der Waals surface area contributed by atoms with E-state index in [1.807, 2.05) is 59.1 Å². The highest BCUT2D eigenvalue weighted by atomic mass is 32.2. The number of nitrogens with zero attached hydrogens (tertiary/aromatic N) is 5. The molecule has 172 valence electrons. The fourth-order valence-corrected chi connectivity index (χ4v) is 3.72. The van der Waals surface area contributed by atoms with Gasteiger partial charge in [-0.05, 0) is 31.7 Å². The van der Waals surface area contributed by atoms with Crippen LogP contribution in [-0.4, -0.2) is 70.8 Å². The maximum atomic E-state index is 12.6. The normalized spacial score (nSPS) is 12.1. The summed E-state index contributed by atoms with van der Waals surface area (Å²) in [4.78, 5) is 35.6. The summed E-state index contributed by atoms with van der Waals surface area (Å²) in [6.45, 7) is 10.0. The van der Waals surface area contributed by atoms with Gasteiger partial charge in [-0.2, -0.15) is 11.8 Å². The molecule has 0 heterocycles. The van der Waals surface area contributed by atoms with Gasteiger partial charge in [-0.3, -0.25) is 14.0 Å². The van der Waals surface area contributed by atoms with Crippen LogP contribution in [0.2, 0.25) is 0 Å². The highest BCUT2D eigenvalue weighted by Gasteiger charge is 2.23. The fraction of sp³-hybridized carbons (Fsp3) is 0.524. The summed E-state index contributed by atoms with van der Waals surface area (Å²) in [6, 6.07) is 5.56. The maximum absolute atomic E-state index is 12.6. The molecule has 0 aromatic heterocycles. The van der Waals surface area contributed by atoms with Crippen LogP contribution in [0.25, 0.3) is 0 Å². The maximum Gasteiger partial charge on any atom is 0.447 e. The smallest absolute Gasteiger partial charge is 0.297 e. The first-order chi connectivity index (χ1) is 14.4. The van der Waals surface area contributed by atoms with Crippen molar-refractivity contribution in [1.29, 1.82) is 0 Å². The molecular weight excluding hydrogens is 434 g/mol. The predicted octanol–water partition coefficient (Wildman–Crippen LogP) is 5.34. The van der Waals surface area contributed by atoms with Gasteiger partial charge in [-0.1, -0.05) is 43.6 Å². The molecule has 0 spiro atoms. The minimum absolute atomic E-state index is 0.209. The van der Waals surface area contributed by atoms with Crippen molar-refractivity contribution in [2.75, 3.05) is 33.2 Å². The Morgan fingerprint density at radius 3 is 2.32 bits per heavy atom. The molecule has 0 radical (unpaired) electrons. The van der Waals surface area contributed by atoms with Crippen LogP contribution in [-0.2, 0) is 4.84 Å². The Morgan fingerprint density at radius 2 is 1.77 bits per heavy atom. The van der Waals surface area contributed by atoms with Crippen molar-refractivity contribution in [2.24, 2.45) is 15.6 Å². The Labute approximate surface area is 194 Å². The van der Waals surface area contributed by atoms with E-state index in [0.717, 1.165) is 34.7 Å². The Bertz CT molecular complexity index is 837. The van der Waals surface area contributed by atoms with Gasteiger partial charge in [0.25, 0.3) is 0 Å². The molecule has 0 aliphatic rings. The number of amides is 3. The van der Waals surface area contributed by atoms with E-state index in [0.29, 0.717) is 5.75 Å². The quantitative estimate of drug-likeness (QED) is 0.178. The summed E-state index contributed by atoms with van der Waals surface area (Å²) < 4.78 is 2.52. The average molecular weight is 468 g/mol. The zero-order chi connectivity index (χ0) is 23.8. The van der Waals surface area contributed by atoms with Gasteiger partial charge >= 0.3 is 12.1 Å². The monoisotopic (exact) mass is 467 g/mol. The van der Waals surface area contributed by atoms with Crippen molar-refractivity contribution in [3.63, 3.8) is 0 Å². The lowest BCUT2D eigenvalue weighted by Crippen LogP contribution is -2.37. The molecule has 0 aliphatic carbocycles. The van der Waals surface area contributed by atoms with E-state index < -0.39 is 6.09 Å². The van der Waals surface area contributed by atoms with Crippen molar-refractivity contribution in [1.82, 2.24) is 13.5 Å². The molecule has 1 aromatic rings. The minimum Gasteiger partial charge on any atom is -0.297 e. The second-order valence-electron chi connectivity index (χ2n) is 8.08. The Kier molecular flexibility index (Phi) is 10.4. The first-order valence-corrected chi connectivity index (χ1v) is 11.8. The van der Waals surface area contributed by atoms with Gasteiger partial charge in [0.1, 0.15) is 0 Å². The van der Waals surface area contributed by atoms with Crippen LogP contribution in [0.15, 0.2) is 28.3 Å². The van der Waals surface area contributed by atoms with Crippen LogP contribution in [0.5, 0.6) is 0 Å². The van der Waals surface area contributed by atoms with Gasteiger partial charge in [-0.15, -0.1) is 0 Å². The second kappa shape index (κ2) is 12.0. The van der Waals surface area contributed by atoms with Crippen molar-refractivity contribution >= 4 is 53.8 Å². The van der Waals surface area contributed by atoms with E-state index in [2.05, 4.69) is 10.1 Å². The van der Waals surface area contributed by atoms with Gasteiger partial charge in [0.2, 0.25) is 0 Å². The highest BCUT2D eigenvalue weighted by molar-refractivity contribution is 7.99. The standard InChI is InChI=1S/C21H33N5O3S2/c1-15-10-11-17(16(2)12-15)22-14-24(6)19(27)25(7)31-26(8)20(28)29-23-18(13-30-9)21(3,4)5/h10-12,14H,13H2,1-9H3. The number of hydrogen-bond donors (Lipinski definition) is 0. The summed E-state index contributed by atoms with van der Waals surface area (Å²) in [5, 5.41) is 4.03. The zero-order valence-electron chi connectivity index (χ0n) is 19.8. The molecule has 10 heteroatoms. The zero-order valence-corrected chi connectivity index (χ0v) is 21.4. The molecule has 0 N–H and O–H groups in total. The number of aliphatic imine (C=N–C) groups is 1. The number of aryl methyl sites for hydroxylation is 2. The molecule has 0 fully saturated rings. The molecule has 0 bridgehead atoms. The van der Waals surface area contributed by atoms with Crippen LogP contribution in [0.4, 0.5) is 15.3 Å². The summed E-state index contributed by atoms with van der Waals surface area (Å²) in [7, 11) is 4.68. The van der Waals surface area contributed by atoms with Crippen molar-refractivity contribution < 1.29 is 14.4 Å². The van der Waals surface area contributed by atoms with E-state index in [1.54, 1.807) is 25.9 Å². The minimum atomic E-state index is -0.667. The number of urea groups is 1. The number of thioether (sulfide) groups is 1. The molecule has 0 saturated heterocycles. The fourth-order valence-electron chi connectivity index (χ4n) is 2.29. The van der Waals surface area contributed by atoms with Gasteiger partial charge in [0.15, 0.2) is 0 Å². The van der Waals surface area contributed by atoms with Crippen LogP contribution < -0.4 is 0 Å². The topological polar surface area (TPSA) is 77.8 Å². The van der Waals surface area contributed by atoms with Crippen LogP contribution in [0, 0.1) is 19.3 Å². The molecule has 0 unspecified atom stereocenters. The first-order valence-electron chi connectivity index (χ1n) is 9.67. The summed E-state index contributed by atoms with van der Waals surface area (Å²) in [5.74, 6) is 0.663. The molecule has 1 aromatic carbocycles. The van der Waals surface area contributed by atoms with Crippen molar-refractivity contribution in [3.05, 3.63) is 29.3 Å². The van der Waals surface area contributed by atoms with E-state index in [1.165, 1.54) is 26.9 Å². The van der Waals surface area contributed by atoms with Crippen LogP contribution in [0.3, 0.4) is 0 Å². The third-order valence-corrected chi connectivity index (χ3v) is 5.53. The SMILES string of the molecule is CSCC(=NOC(=O)N(C)SN(C)C(=O)N(C)C=Nc1ccc(C)cc1C)C(C)(C)C. The van der Waals surface area contributed by atoms with E-state index in [4.69, 9.17) is 4.84 Å². The van der Waals surface area contributed by atoms with E-state index >= 15 is 0 Å². The number of oxime groups is 1. The Balaban J connectivity index is 2.69. The summed E-state index contributed by atoms with van der Waals surface area (Å²) >= 11 is 2.52. The van der Waals surface area contributed by atoms with Crippen molar-refractivity contribution in [2.45, 2.75) is 34.6 Å². The molecule has 3 amide bonds. The van der Waals surface area contributed by atoms with E-state index in [9.17, 15) is 9.59 Å². The molecular formula is C21H33N5O3S2. The van der Waals surface area contributed by atoms with Gasteiger partial charge in [0.05, 0.1) is 29.9 Å². The number of hydrogen-bond acceptors (Lipinski definition) is 7. The Hall–Kier alpha value is -2.20. The molecule has 31 heavy (non-hydrogen) atoms. The lowest BCUT2D eigenvalue weighted by atomic mass is 9.91. The molecule has 0 atom stereocenters. The van der Waals surface area contributed by atoms with Crippen molar-refractivity contribution in [3.8, 4) is 0 Å². The highest BCUT2D eigenvalue weighted by Crippen LogP contribution is 2.21. The Morgan fingerprint density at radius 1 is 1.13 bits per heavy atom.